The van der Waals surface area contributed by atoms with Crippen molar-refractivity contribution >= 4 is 34.3 Å². The van der Waals surface area contributed by atoms with Gasteiger partial charge >= 0.3 is 0 Å². The van der Waals surface area contributed by atoms with E-state index >= 15 is 0 Å². The highest BCUT2D eigenvalue weighted by Gasteiger charge is 2.13. The van der Waals surface area contributed by atoms with Gasteiger partial charge in [-0.25, -0.2) is 15.0 Å². The van der Waals surface area contributed by atoms with Gasteiger partial charge in [0.2, 0.25) is 0 Å². The number of pyridine rings is 1. The van der Waals surface area contributed by atoms with Crippen molar-refractivity contribution < 1.29 is 9.84 Å². The van der Waals surface area contributed by atoms with Gasteiger partial charge < -0.3 is 15.2 Å². The Morgan fingerprint density at radius 3 is 2.51 bits per heavy atom. The largest absolute Gasteiger partial charge is 0.508 e. The molecule has 0 saturated carbocycles. The Hall–Kier alpha value is -4.10. The van der Waals surface area contributed by atoms with E-state index in [1.807, 2.05) is 60.7 Å². The zero-order chi connectivity index (χ0) is 25.6. The van der Waals surface area contributed by atoms with Gasteiger partial charge in [-0.2, -0.15) is 0 Å². The molecule has 186 valence electrons. The molecule has 3 aromatic carbocycles. The van der Waals surface area contributed by atoms with E-state index in [1.54, 1.807) is 23.9 Å². The Kier molecular flexibility index (Phi) is 7.51. The van der Waals surface area contributed by atoms with Gasteiger partial charge in [0.1, 0.15) is 23.6 Å². The summed E-state index contributed by atoms with van der Waals surface area (Å²) in [5, 5.41) is 14.0. The summed E-state index contributed by atoms with van der Waals surface area (Å²) in [4.78, 5) is 15.6. The fourth-order valence-electron chi connectivity index (χ4n) is 3.86. The molecule has 0 fully saturated rings. The number of phenols is 1. The van der Waals surface area contributed by atoms with Crippen LogP contribution < -0.4 is 10.1 Å². The fourth-order valence-corrected chi connectivity index (χ4v) is 4.75. The molecular formula is C30H28N4O2S. The average molecular weight is 509 g/mol. The lowest BCUT2D eigenvalue weighted by atomic mass is 10.1. The zero-order valence-corrected chi connectivity index (χ0v) is 21.6. The Morgan fingerprint density at radius 1 is 0.919 bits per heavy atom. The molecule has 5 aromatic rings. The predicted molar refractivity (Wildman–Crippen MR) is 149 cm³/mol. The molecule has 2 heterocycles. The van der Waals surface area contributed by atoms with Crippen LogP contribution in [0.4, 0.5) is 11.5 Å². The fraction of sp³-hybridized carbons (Fsp3) is 0.167. The summed E-state index contributed by atoms with van der Waals surface area (Å²) in [5.41, 5.74) is 3.76. The van der Waals surface area contributed by atoms with Crippen LogP contribution in [-0.2, 0) is 6.42 Å². The quantitative estimate of drug-likeness (QED) is 0.215. The summed E-state index contributed by atoms with van der Waals surface area (Å²) < 4.78 is 6.11. The minimum atomic E-state index is 0.241. The van der Waals surface area contributed by atoms with Crippen LogP contribution in [-0.4, -0.2) is 26.7 Å². The number of anilines is 2. The smallest absolute Gasteiger partial charge is 0.164 e. The van der Waals surface area contributed by atoms with Crippen LogP contribution in [0.3, 0.4) is 0 Å². The molecule has 0 saturated heterocycles. The Balaban J connectivity index is 1.44. The van der Waals surface area contributed by atoms with E-state index in [1.165, 1.54) is 11.9 Å². The van der Waals surface area contributed by atoms with Crippen LogP contribution in [0.15, 0.2) is 101 Å². The maximum absolute atomic E-state index is 9.67. The van der Waals surface area contributed by atoms with Crippen molar-refractivity contribution in [2.45, 2.75) is 36.0 Å². The van der Waals surface area contributed by atoms with E-state index in [9.17, 15) is 5.11 Å². The maximum Gasteiger partial charge on any atom is 0.164 e. The minimum absolute atomic E-state index is 0.241. The predicted octanol–water partition coefficient (Wildman–Crippen LogP) is 7.37. The van der Waals surface area contributed by atoms with Crippen molar-refractivity contribution in [1.29, 1.82) is 0 Å². The third-order valence-corrected chi connectivity index (χ3v) is 6.96. The van der Waals surface area contributed by atoms with Crippen molar-refractivity contribution in [2.75, 3.05) is 11.9 Å². The highest BCUT2D eigenvalue weighted by Crippen LogP contribution is 2.38. The highest BCUT2D eigenvalue weighted by molar-refractivity contribution is 7.99. The number of ether oxygens (including phenoxy) is 1. The first kappa shape index (κ1) is 24.6. The summed E-state index contributed by atoms with van der Waals surface area (Å²) in [5.74, 6) is 2.01. The van der Waals surface area contributed by atoms with E-state index < -0.39 is 0 Å². The van der Waals surface area contributed by atoms with Gasteiger partial charge in [-0.15, -0.1) is 0 Å². The van der Waals surface area contributed by atoms with Crippen molar-refractivity contribution in [3.63, 3.8) is 0 Å². The van der Waals surface area contributed by atoms with Crippen LogP contribution in [0.5, 0.6) is 11.5 Å². The number of aromatic nitrogens is 3. The van der Waals surface area contributed by atoms with E-state index in [4.69, 9.17) is 9.72 Å². The molecular weight excluding hydrogens is 480 g/mol. The number of nitrogens with one attached hydrogen (secondary N) is 1. The number of fused-ring (bicyclic) bond motifs is 1. The SMILES string of the molecule is CC(C)c1ccc2c(Nc3cc(OCCc4ccccc4)ccc3Sc3ccc(O)cc3)ncnc2n1. The van der Waals surface area contributed by atoms with E-state index in [0.717, 1.165) is 38.7 Å². The van der Waals surface area contributed by atoms with Crippen molar-refractivity contribution in [3.8, 4) is 11.5 Å². The number of benzene rings is 3. The second-order valence-corrected chi connectivity index (χ2v) is 10.1. The molecule has 0 atom stereocenters. The van der Waals surface area contributed by atoms with Crippen molar-refractivity contribution in [3.05, 3.63) is 103 Å². The number of hydrogen-bond acceptors (Lipinski definition) is 7. The first-order chi connectivity index (χ1) is 18.0. The van der Waals surface area contributed by atoms with Gasteiger partial charge in [-0.05, 0) is 60.0 Å². The molecule has 0 aliphatic rings. The molecule has 6 nitrogen and oxygen atoms in total. The monoisotopic (exact) mass is 508 g/mol. The number of nitrogens with zero attached hydrogens (tertiary/aromatic N) is 3. The van der Waals surface area contributed by atoms with Gasteiger partial charge in [-0.3, -0.25) is 0 Å². The lowest BCUT2D eigenvalue weighted by molar-refractivity contribution is 0.322. The second-order valence-electron chi connectivity index (χ2n) is 8.95. The summed E-state index contributed by atoms with van der Waals surface area (Å²) in [6.45, 7) is 4.81. The van der Waals surface area contributed by atoms with E-state index in [-0.39, 0.29) is 5.75 Å². The molecule has 0 aliphatic heterocycles. The van der Waals surface area contributed by atoms with Gasteiger partial charge in [0.05, 0.1) is 17.7 Å². The molecule has 7 heteroatoms. The summed E-state index contributed by atoms with van der Waals surface area (Å²) in [7, 11) is 0. The molecule has 37 heavy (non-hydrogen) atoms. The molecule has 2 aromatic heterocycles. The van der Waals surface area contributed by atoms with Gasteiger partial charge in [0.25, 0.3) is 0 Å². The highest BCUT2D eigenvalue weighted by atomic mass is 32.2. The molecule has 5 rings (SSSR count). The van der Waals surface area contributed by atoms with Gasteiger partial charge in [0, 0.05) is 28.0 Å². The summed E-state index contributed by atoms with van der Waals surface area (Å²) >= 11 is 1.60. The normalized spacial score (nSPS) is 11.1. The zero-order valence-electron chi connectivity index (χ0n) is 20.8. The van der Waals surface area contributed by atoms with Crippen LogP contribution in [0.1, 0.15) is 31.0 Å². The first-order valence-electron chi connectivity index (χ1n) is 12.2. The third-order valence-electron chi connectivity index (χ3n) is 5.88. The lowest BCUT2D eigenvalue weighted by Crippen LogP contribution is -2.03. The number of hydrogen-bond donors (Lipinski definition) is 2. The van der Waals surface area contributed by atoms with E-state index in [0.29, 0.717) is 24.0 Å². The lowest BCUT2D eigenvalue weighted by Gasteiger charge is -2.15. The molecule has 0 radical (unpaired) electrons. The number of rotatable bonds is 9. The van der Waals surface area contributed by atoms with Crippen molar-refractivity contribution in [2.24, 2.45) is 0 Å². The minimum Gasteiger partial charge on any atom is -0.508 e. The Bertz CT molecular complexity index is 1490. The third kappa shape index (κ3) is 6.19. The first-order valence-corrected chi connectivity index (χ1v) is 13.0. The second kappa shape index (κ2) is 11.3. The topological polar surface area (TPSA) is 80.2 Å². The maximum atomic E-state index is 9.67. The molecule has 2 N–H and O–H groups in total. The summed E-state index contributed by atoms with van der Waals surface area (Å²) in [6, 6.07) is 27.5. The van der Waals surface area contributed by atoms with Crippen LogP contribution in [0.25, 0.3) is 11.0 Å². The van der Waals surface area contributed by atoms with Crippen LogP contribution in [0, 0.1) is 0 Å². The standard InChI is InChI=1S/C30H28N4O2S/c1-20(2)26-14-13-25-29(33-26)31-19-32-30(25)34-27-18-23(36-17-16-21-6-4-3-5-7-21)10-15-28(27)37-24-11-8-22(35)9-12-24/h3-15,18-20,35H,16-17H2,1-2H3,(H,31,32,33,34). The van der Waals surface area contributed by atoms with Crippen LogP contribution >= 0.6 is 11.8 Å². The van der Waals surface area contributed by atoms with E-state index in [2.05, 4.69) is 41.3 Å². The molecule has 0 spiro atoms. The number of phenolic OH excluding ortho intramolecular Hbond substituents is 1. The van der Waals surface area contributed by atoms with Crippen molar-refractivity contribution in [1.82, 2.24) is 15.0 Å². The molecule has 0 aliphatic carbocycles. The molecule has 0 amide bonds. The van der Waals surface area contributed by atoms with Gasteiger partial charge in [-0.1, -0.05) is 55.9 Å². The Labute approximate surface area is 220 Å². The van der Waals surface area contributed by atoms with Crippen LogP contribution in [0.2, 0.25) is 0 Å². The molecule has 0 bridgehead atoms. The number of aromatic hydroxyl groups is 1. The molecule has 0 unspecified atom stereocenters. The summed E-state index contributed by atoms with van der Waals surface area (Å²) in [6.07, 6.45) is 2.36. The Morgan fingerprint density at radius 2 is 1.73 bits per heavy atom. The van der Waals surface area contributed by atoms with Gasteiger partial charge in [0.15, 0.2) is 5.65 Å². The average Bonchev–Trinajstić information content (AvgIpc) is 2.92.